The fraction of sp³-hybridized carbons (Fsp3) is 0.273. The molecule has 1 fully saturated rings. The van der Waals surface area contributed by atoms with Gasteiger partial charge in [0.1, 0.15) is 6.10 Å². The number of rotatable bonds is 1. The fourth-order valence-corrected chi connectivity index (χ4v) is 1.89. The van der Waals surface area contributed by atoms with Crippen LogP contribution in [-0.2, 0) is 9.53 Å². The van der Waals surface area contributed by atoms with Crippen molar-refractivity contribution in [3.05, 3.63) is 41.2 Å². The Balaban J connectivity index is 2.23. The van der Waals surface area contributed by atoms with Crippen LogP contribution in [0.3, 0.4) is 0 Å². The minimum Gasteiger partial charge on any atom is -0.462 e. The predicted molar refractivity (Wildman–Crippen MR) is 56.7 cm³/mol. The fourth-order valence-electron chi connectivity index (χ4n) is 1.62. The van der Waals surface area contributed by atoms with E-state index >= 15 is 0 Å². The monoisotopic (exact) mass is 253 g/mol. The van der Waals surface area contributed by atoms with Gasteiger partial charge >= 0.3 is 5.97 Å². The van der Waals surface area contributed by atoms with Gasteiger partial charge in [-0.25, -0.2) is 0 Å². The van der Waals surface area contributed by atoms with E-state index in [9.17, 15) is 4.79 Å². The van der Waals surface area contributed by atoms with E-state index in [-0.39, 0.29) is 18.0 Å². The summed E-state index contributed by atoms with van der Waals surface area (Å²) in [6.07, 6.45) is 0.483. The van der Waals surface area contributed by atoms with Gasteiger partial charge in [0.15, 0.2) is 0 Å². The smallest absolute Gasteiger partial charge is 0.313 e. The Morgan fingerprint density at radius 2 is 2.00 bits per heavy atom. The summed E-state index contributed by atoms with van der Waals surface area (Å²) in [7, 11) is 0. The summed E-state index contributed by atoms with van der Waals surface area (Å²) < 4.78 is 6.01. The number of esters is 1. The second-order valence-electron chi connectivity index (χ2n) is 3.40. The summed E-state index contributed by atoms with van der Waals surface area (Å²) >= 11 is 3.35. The lowest BCUT2D eigenvalue weighted by Gasteiger charge is -2.04. The van der Waals surface area contributed by atoms with Crippen LogP contribution in [0.1, 0.15) is 17.9 Å². The average Bonchev–Trinajstić information content (AvgIpc) is 2.47. The van der Waals surface area contributed by atoms with Crippen LogP contribution in [0.2, 0.25) is 0 Å². The topological polar surface area (TPSA) is 26.3 Å². The molecule has 1 aromatic carbocycles. The zero-order valence-corrected chi connectivity index (χ0v) is 9.16. The van der Waals surface area contributed by atoms with Crippen molar-refractivity contribution in [2.45, 2.75) is 18.4 Å². The molecule has 1 aromatic rings. The van der Waals surface area contributed by atoms with Crippen LogP contribution in [-0.4, -0.2) is 12.1 Å². The molecule has 0 spiro atoms. The molecule has 0 aromatic heterocycles. The van der Waals surface area contributed by atoms with Crippen LogP contribution in [0.5, 0.6) is 0 Å². The number of carbonyl (C=O) groups excluding carboxylic acids is 1. The van der Waals surface area contributed by atoms with Crippen molar-refractivity contribution in [2.75, 3.05) is 0 Å². The molecule has 1 radical (unpaired) electrons. The molecule has 2 atom stereocenters. The zero-order chi connectivity index (χ0) is 10.1. The summed E-state index contributed by atoms with van der Waals surface area (Å²) in [6.45, 7) is 3.73. The van der Waals surface area contributed by atoms with Gasteiger partial charge in [0, 0.05) is 10.9 Å². The third kappa shape index (κ3) is 1.82. The molecule has 1 saturated heterocycles. The molecule has 0 bridgehead atoms. The molecule has 0 N–H and O–H groups in total. The Bertz CT molecular complexity index is 345. The van der Waals surface area contributed by atoms with Gasteiger partial charge in [0.2, 0.25) is 0 Å². The maximum Gasteiger partial charge on any atom is 0.313 e. The molecule has 0 saturated carbocycles. The van der Waals surface area contributed by atoms with Crippen LogP contribution in [0.4, 0.5) is 0 Å². The highest BCUT2D eigenvalue weighted by Crippen LogP contribution is 2.30. The van der Waals surface area contributed by atoms with Crippen molar-refractivity contribution in [3.8, 4) is 0 Å². The zero-order valence-electron chi connectivity index (χ0n) is 7.57. The highest BCUT2D eigenvalue weighted by atomic mass is 79.9. The van der Waals surface area contributed by atoms with Crippen molar-refractivity contribution in [3.63, 3.8) is 0 Å². The second-order valence-corrected chi connectivity index (χ2v) is 4.31. The van der Waals surface area contributed by atoms with Gasteiger partial charge in [-0.15, -0.1) is 0 Å². The lowest BCUT2D eigenvalue weighted by atomic mass is 9.96. The van der Waals surface area contributed by atoms with Crippen LogP contribution in [0, 0.1) is 6.92 Å². The standard InChI is InChI=1S/C11H10BrO2/c1-7-6-10(11(13)14-7)8-2-4-9(12)5-3-8/h2-5,7,10H,1,6H2. The summed E-state index contributed by atoms with van der Waals surface area (Å²) in [5.41, 5.74) is 1.00. The molecule has 2 unspecified atom stereocenters. The molecule has 2 rings (SSSR count). The molecular weight excluding hydrogens is 244 g/mol. The number of cyclic esters (lactones) is 1. The first kappa shape index (κ1) is 9.71. The van der Waals surface area contributed by atoms with Crippen molar-refractivity contribution < 1.29 is 9.53 Å². The van der Waals surface area contributed by atoms with Gasteiger partial charge in [-0.05, 0) is 24.6 Å². The lowest BCUT2D eigenvalue weighted by molar-refractivity contribution is -0.141. The molecule has 3 heteroatoms. The number of carbonyl (C=O) groups is 1. The van der Waals surface area contributed by atoms with Crippen LogP contribution in [0.15, 0.2) is 28.7 Å². The summed E-state index contributed by atoms with van der Waals surface area (Å²) in [6, 6.07) is 7.74. The maximum atomic E-state index is 11.4. The quantitative estimate of drug-likeness (QED) is 0.720. The van der Waals surface area contributed by atoms with E-state index in [2.05, 4.69) is 22.9 Å². The molecule has 2 nitrogen and oxygen atoms in total. The van der Waals surface area contributed by atoms with Gasteiger partial charge in [-0.2, -0.15) is 0 Å². The number of halogens is 1. The minimum absolute atomic E-state index is 0.134. The van der Waals surface area contributed by atoms with E-state index < -0.39 is 0 Å². The molecule has 1 aliphatic rings. The van der Waals surface area contributed by atoms with Crippen molar-refractivity contribution in [2.24, 2.45) is 0 Å². The normalized spacial score (nSPS) is 26.3. The number of hydrogen-bond donors (Lipinski definition) is 0. The third-order valence-corrected chi connectivity index (χ3v) is 2.87. The maximum absolute atomic E-state index is 11.4. The molecular formula is C11H10BrO2. The Labute approximate surface area is 91.4 Å². The summed E-state index contributed by atoms with van der Waals surface area (Å²) in [4.78, 5) is 11.4. The van der Waals surface area contributed by atoms with E-state index in [1.54, 1.807) is 0 Å². The summed E-state index contributed by atoms with van der Waals surface area (Å²) in [5, 5.41) is 0. The molecule has 1 aliphatic heterocycles. The number of hydrogen-bond acceptors (Lipinski definition) is 2. The highest BCUT2D eigenvalue weighted by molar-refractivity contribution is 9.10. The van der Waals surface area contributed by atoms with Crippen molar-refractivity contribution >= 4 is 21.9 Å². The highest BCUT2D eigenvalue weighted by Gasteiger charge is 2.32. The molecule has 73 valence electrons. The molecule has 0 aliphatic carbocycles. The predicted octanol–water partition coefficient (Wildman–Crippen LogP) is 2.68. The van der Waals surface area contributed by atoms with Crippen molar-refractivity contribution in [1.82, 2.24) is 0 Å². The first-order valence-electron chi connectivity index (χ1n) is 4.46. The van der Waals surface area contributed by atoms with E-state index in [4.69, 9.17) is 4.74 Å². The Morgan fingerprint density at radius 1 is 1.36 bits per heavy atom. The van der Waals surface area contributed by atoms with Crippen LogP contribution >= 0.6 is 15.9 Å². The van der Waals surface area contributed by atoms with Crippen LogP contribution in [0.25, 0.3) is 0 Å². The van der Waals surface area contributed by atoms with E-state index in [1.165, 1.54) is 0 Å². The number of benzene rings is 1. The van der Waals surface area contributed by atoms with Gasteiger partial charge in [-0.3, -0.25) is 4.79 Å². The lowest BCUT2D eigenvalue weighted by Crippen LogP contribution is -2.05. The van der Waals surface area contributed by atoms with E-state index in [1.807, 2.05) is 24.3 Å². The van der Waals surface area contributed by atoms with Crippen LogP contribution < -0.4 is 0 Å². The van der Waals surface area contributed by atoms with Gasteiger partial charge < -0.3 is 4.74 Å². The Morgan fingerprint density at radius 3 is 2.50 bits per heavy atom. The van der Waals surface area contributed by atoms with Crippen molar-refractivity contribution in [1.29, 1.82) is 0 Å². The Hall–Kier alpha value is -0.830. The first-order chi connectivity index (χ1) is 6.66. The van der Waals surface area contributed by atoms with Gasteiger partial charge in [0.25, 0.3) is 0 Å². The van der Waals surface area contributed by atoms with E-state index in [0.29, 0.717) is 6.42 Å². The summed E-state index contributed by atoms with van der Waals surface area (Å²) in [5.74, 6) is -0.294. The number of ether oxygens (including phenoxy) is 1. The van der Waals surface area contributed by atoms with E-state index in [0.717, 1.165) is 10.0 Å². The SMILES string of the molecule is [CH2]C1CC(c2ccc(Br)cc2)C(=O)O1. The first-order valence-corrected chi connectivity index (χ1v) is 5.25. The van der Waals surface area contributed by atoms with Gasteiger partial charge in [-0.1, -0.05) is 28.1 Å². The largest absolute Gasteiger partial charge is 0.462 e. The third-order valence-electron chi connectivity index (χ3n) is 2.34. The average molecular weight is 254 g/mol. The Kier molecular flexibility index (Phi) is 2.59. The molecule has 0 amide bonds. The second kappa shape index (κ2) is 3.73. The molecule has 14 heavy (non-hydrogen) atoms. The van der Waals surface area contributed by atoms with Gasteiger partial charge in [0.05, 0.1) is 5.92 Å². The minimum atomic E-state index is -0.198. The molecule has 1 heterocycles.